The van der Waals surface area contributed by atoms with Crippen molar-refractivity contribution in [2.75, 3.05) is 6.61 Å². The number of carboxylic acids is 1. The molecule has 0 unspecified atom stereocenters. The first kappa shape index (κ1) is 11.1. The van der Waals surface area contributed by atoms with Gasteiger partial charge in [0.1, 0.15) is 0 Å². The molecule has 0 spiro atoms. The van der Waals surface area contributed by atoms with E-state index in [1.54, 1.807) is 6.07 Å². The van der Waals surface area contributed by atoms with Crippen molar-refractivity contribution in [2.45, 2.75) is 6.54 Å². The molecule has 82 valence electrons. The van der Waals surface area contributed by atoms with Gasteiger partial charge in [-0.15, -0.1) is 0 Å². The highest BCUT2D eigenvalue weighted by Gasteiger charge is 2.02. The standard InChI is InChI=1S/C8H10N2O5/c11-7(12)5-15-10-8(13)9-3-6-1-2-14-4-6/h1-2,4H,3,5H2,(H,11,12)(H2,9,10,13). The van der Waals surface area contributed by atoms with Crippen molar-refractivity contribution in [2.24, 2.45) is 0 Å². The summed E-state index contributed by atoms with van der Waals surface area (Å²) in [5, 5.41) is 10.6. The number of furan rings is 1. The molecule has 1 aromatic rings. The first-order valence-electron chi connectivity index (χ1n) is 4.07. The Morgan fingerprint density at radius 1 is 1.53 bits per heavy atom. The monoisotopic (exact) mass is 214 g/mol. The smallest absolute Gasteiger partial charge is 0.338 e. The molecule has 0 aliphatic heterocycles. The summed E-state index contributed by atoms with van der Waals surface area (Å²) in [6, 6.07) is 1.08. The summed E-state index contributed by atoms with van der Waals surface area (Å²) in [4.78, 5) is 25.3. The normalized spacial score (nSPS) is 9.60. The zero-order valence-electron chi connectivity index (χ0n) is 7.73. The summed E-state index contributed by atoms with van der Waals surface area (Å²) in [7, 11) is 0. The summed E-state index contributed by atoms with van der Waals surface area (Å²) in [5.74, 6) is -1.16. The molecule has 1 aromatic heterocycles. The highest BCUT2D eigenvalue weighted by Crippen LogP contribution is 1.97. The lowest BCUT2D eigenvalue weighted by Crippen LogP contribution is -2.36. The number of hydrogen-bond donors (Lipinski definition) is 3. The lowest BCUT2D eigenvalue weighted by molar-refractivity contribution is -0.144. The van der Waals surface area contributed by atoms with E-state index in [2.05, 4.69) is 10.2 Å². The first-order chi connectivity index (χ1) is 7.18. The van der Waals surface area contributed by atoms with Crippen LogP contribution in [0.5, 0.6) is 0 Å². The molecule has 2 amide bonds. The van der Waals surface area contributed by atoms with Crippen LogP contribution in [0.1, 0.15) is 5.56 Å². The van der Waals surface area contributed by atoms with Gasteiger partial charge in [-0.25, -0.2) is 15.1 Å². The molecule has 0 radical (unpaired) electrons. The van der Waals surface area contributed by atoms with Crippen molar-refractivity contribution in [1.82, 2.24) is 10.8 Å². The molecule has 15 heavy (non-hydrogen) atoms. The summed E-state index contributed by atoms with van der Waals surface area (Å²) < 4.78 is 4.78. The number of carboxylic acid groups (broad SMARTS) is 1. The number of carbonyl (C=O) groups excluding carboxylic acids is 1. The maximum atomic E-state index is 10.9. The van der Waals surface area contributed by atoms with Gasteiger partial charge in [0.05, 0.1) is 12.5 Å². The Bertz CT molecular complexity index is 322. The third kappa shape index (κ3) is 4.67. The molecule has 1 rings (SSSR count). The van der Waals surface area contributed by atoms with Gasteiger partial charge < -0.3 is 14.8 Å². The van der Waals surface area contributed by atoms with E-state index in [0.717, 1.165) is 5.56 Å². The Hall–Kier alpha value is -2.02. The van der Waals surface area contributed by atoms with Gasteiger partial charge in [-0.3, -0.25) is 4.84 Å². The third-order valence-electron chi connectivity index (χ3n) is 1.39. The summed E-state index contributed by atoms with van der Waals surface area (Å²) in [5.41, 5.74) is 2.71. The largest absolute Gasteiger partial charge is 0.479 e. The predicted molar refractivity (Wildman–Crippen MR) is 47.7 cm³/mol. The number of urea groups is 1. The number of carbonyl (C=O) groups is 2. The van der Waals surface area contributed by atoms with Crippen molar-refractivity contribution in [3.63, 3.8) is 0 Å². The minimum atomic E-state index is -1.16. The average molecular weight is 214 g/mol. The Labute approximate surface area is 85.0 Å². The molecule has 0 bridgehead atoms. The molecule has 0 atom stereocenters. The summed E-state index contributed by atoms with van der Waals surface area (Å²) in [6.45, 7) is -0.308. The van der Waals surface area contributed by atoms with Gasteiger partial charge in [0.15, 0.2) is 6.61 Å². The second-order valence-corrected chi connectivity index (χ2v) is 2.60. The van der Waals surface area contributed by atoms with Crippen LogP contribution in [0.4, 0.5) is 4.79 Å². The first-order valence-corrected chi connectivity index (χ1v) is 4.07. The van der Waals surface area contributed by atoms with E-state index in [1.165, 1.54) is 12.5 Å². The van der Waals surface area contributed by atoms with E-state index in [-0.39, 0.29) is 6.54 Å². The molecule has 0 aromatic carbocycles. The molecule has 7 heteroatoms. The number of rotatable bonds is 5. The molecule has 1 heterocycles. The predicted octanol–water partition coefficient (Wildman–Crippen LogP) is 0.0950. The second-order valence-electron chi connectivity index (χ2n) is 2.60. The molecular formula is C8H10N2O5. The fraction of sp³-hybridized carbons (Fsp3) is 0.250. The summed E-state index contributed by atoms with van der Waals surface area (Å²) in [6.07, 6.45) is 2.97. The fourth-order valence-corrected chi connectivity index (χ4v) is 0.775. The third-order valence-corrected chi connectivity index (χ3v) is 1.39. The molecule has 0 saturated carbocycles. The number of hydrogen-bond acceptors (Lipinski definition) is 4. The Kier molecular flexibility index (Phi) is 4.17. The van der Waals surface area contributed by atoms with Crippen LogP contribution >= 0.6 is 0 Å². The SMILES string of the molecule is O=C(O)CONC(=O)NCc1ccoc1. The Morgan fingerprint density at radius 2 is 2.33 bits per heavy atom. The topological polar surface area (TPSA) is 101 Å². The number of nitrogens with one attached hydrogen (secondary N) is 2. The van der Waals surface area contributed by atoms with Gasteiger partial charge in [-0.2, -0.15) is 0 Å². The highest BCUT2D eigenvalue weighted by molar-refractivity contribution is 5.73. The quantitative estimate of drug-likeness (QED) is 0.603. The van der Waals surface area contributed by atoms with Crippen LogP contribution in [-0.4, -0.2) is 23.7 Å². The van der Waals surface area contributed by atoms with E-state index in [4.69, 9.17) is 9.52 Å². The maximum absolute atomic E-state index is 10.9. The Balaban J connectivity index is 2.11. The van der Waals surface area contributed by atoms with Crippen LogP contribution in [-0.2, 0) is 16.2 Å². The van der Waals surface area contributed by atoms with Crippen molar-refractivity contribution < 1.29 is 24.0 Å². The molecule has 0 aliphatic carbocycles. The van der Waals surface area contributed by atoms with Gasteiger partial charge in [0.2, 0.25) is 0 Å². The van der Waals surface area contributed by atoms with E-state index in [9.17, 15) is 9.59 Å². The van der Waals surface area contributed by atoms with E-state index >= 15 is 0 Å². The molecule has 3 N–H and O–H groups in total. The highest BCUT2D eigenvalue weighted by atomic mass is 16.7. The molecular weight excluding hydrogens is 204 g/mol. The molecule has 0 fully saturated rings. The van der Waals surface area contributed by atoms with Crippen LogP contribution in [0.2, 0.25) is 0 Å². The van der Waals surface area contributed by atoms with Crippen molar-refractivity contribution in [3.05, 3.63) is 24.2 Å². The van der Waals surface area contributed by atoms with Gasteiger partial charge in [0, 0.05) is 12.1 Å². The number of hydroxylamine groups is 1. The van der Waals surface area contributed by atoms with E-state index in [0.29, 0.717) is 0 Å². The maximum Gasteiger partial charge on any atom is 0.338 e. The number of amides is 2. The van der Waals surface area contributed by atoms with Crippen LogP contribution in [0.25, 0.3) is 0 Å². The van der Waals surface area contributed by atoms with Gasteiger partial charge in [-0.05, 0) is 6.07 Å². The van der Waals surface area contributed by atoms with Crippen molar-refractivity contribution >= 4 is 12.0 Å². The van der Waals surface area contributed by atoms with E-state index in [1.807, 2.05) is 5.48 Å². The van der Waals surface area contributed by atoms with Crippen LogP contribution < -0.4 is 10.8 Å². The molecule has 0 saturated heterocycles. The van der Waals surface area contributed by atoms with Gasteiger partial charge in [0.25, 0.3) is 0 Å². The van der Waals surface area contributed by atoms with E-state index < -0.39 is 18.6 Å². The zero-order valence-corrected chi connectivity index (χ0v) is 7.73. The average Bonchev–Trinajstić information content (AvgIpc) is 2.66. The lowest BCUT2D eigenvalue weighted by atomic mass is 10.3. The minimum absolute atomic E-state index is 0.277. The lowest BCUT2D eigenvalue weighted by Gasteiger charge is -2.04. The van der Waals surface area contributed by atoms with Crippen molar-refractivity contribution in [3.8, 4) is 0 Å². The van der Waals surface area contributed by atoms with Crippen LogP contribution in [0, 0.1) is 0 Å². The van der Waals surface area contributed by atoms with Crippen LogP contribution in [0.15, 0.2) is 23.0 Å². The number of aliphatic carboxylic acids is 1. The summed E-state index contributed by atoms with van der Waals surface area (Å²) >= 11 is 0. The Morgan fingerprint density at radius 3 is 2.93 bits per heavy atom. The fourth-order valence-electron chi connectivity index (χ4n) is 0.775. The van der Waals surface area contributed by atoms with Gasteiger partial charge in [-0.1, -0.05) is 0 Å². The molecule has 7 nitrogen and oxygen atoms in total. The molecule has 0 aliphatic rings. The van der Waals surface area contributed by atoms with Crippen LogP contribution in [0.3, 0.4) is 0 Å². The minimum Gasteiger partial charge on any atom is -0.479 e. The van der Waals surface area contributed by atoms with Crippen molar-refractivity contribution in [1.29, 1.82) is 0 Å². The van der Waals surface area contributed by atoms with Gasteiger partial charge >= 0.3 is 12.0 Å². The second kappa shape index (κ2) is 5.66. The zero-order chi connectivity index (χ0) is 11.1.